The second-order valence-corrected chi connectivity index (χ2v) is 8.42. The molecule has 3 heterocycles. The van der Waals surface area contributed by atoms with E-state index in [1.54, 1.807) is 12.5 Å². The Kier molecular flexibility index (Phi) is 6.96. The normalized spacial score (nSPS) is 21.9. The van der Waals surface area contributed by atoms with E-state index in [0.717, 1.165) is 52.1 Å². The molecule has 0 radical (unpaired) electrons. The first-order valence-electron chi connectivity index (χ1n) is 11.0. The predicted octanol–water partition coefficient (Wildman–Crippen LogP) is 2.38. The van der Waals surface area contributed by atoms with Gasteiger partial charge in [-0.1, -0.05) is 30.3 Å². The second kappa shape index (κ2) is 10.0. The number of piperidine rings is 2. The monoisotopic (exact) mass is 395 g/mol. The first-order valence-corrected chi connectivity index (χ1v) is 11.0. The van der Waals surface area contributed by atoms with Gasteiger partial charge >= 0.3 is 0 Å². The highest BCUT2D eigenvalue weighted by Crippen LogP contribution is 2.24. The van der Waals surface area contributed by atoms with E-state index in [9.17, 15) is 4.79 Å². The van der Waals surface area contributed by atoms with Crippen LogP contribution >= 0.6 is 0 Å². The van der Waals surface area contributed by atoms with Gasteiger partial charge in [0.1, 0.15) is 0 Å². The third-order valence-electron chi connectivity index (χ3n) is 6.37. The molecule has 0 spiro atoms. The molecule has 6 heteroatoms. The van der Waals surface area contributed by atoms with E-state index in [1.165, 1.54) is 18.4 Å². The summed E-state index contributed by atoms with van der Waals surface area (Å²) in [6.45, 7) is 6.86. The molecule has 0 aliphatic carbocycles. The molecule has 0 unspecified atom stereocenters. The van der Waals surface area contributed by atoms with Crippen LogP contribution < -0.4 is 5.32 Å². The Labute approximate surface area is 173 Å². The van der Waals surface area contributed by atoms with Crippen molar-refractivity contribution in [1.82, 2.24) is 24.7 Å². The van der Waals surface area contributed by atoms with Crippen molar-refractivity contribution in [1.29, 1.82) is 0 Å². The van der Waals surface area contributed by atoms with Crippen molar-refractivity contribution in [2.45, 2.75) is 44.8 Å². The number of rotatable bonds is 7. The van der Waals surface area contributed by atoms with Crippen molar-refractivity contribution >= 4 is 5.91 Å². The lowest BCUT2D eigenvalue weighted by Gasteiger charge is -2.42. The van der Waals surface area contributed by atoms with Crippen LogP contribution in [0.1, 0.15) is 31.2 Å². The molecule has 2 saturated heterocycles. The highest BCUT2D eigenvalue weighted by molar-refractivity contribution is 5.78. The van der Waals surface area contributed by atoms with Crippen LogP contribution in [0.25, 0.3) is 0 Å². The van der Waals surface area contributed by atoms with Crippen LogP contribution in [0.2, 0.25) is 0 Å². The van der Waals surface area contributed by atoms with Crippen molar-refractivity contribution in [3.63, 3.8) is 0 Å². The molecular formula is C23H33N5O. The smallest absolute Gasteiger partial charge is 0.224 e. The highest BCUT2D eigenvalue weighted by Gasteiger charge is 2.31. The van der Waals surface area contributed by atoms with E-state index in [4.69, 9.17) is 0 Å². The maximum atomic E-state index is 12.6. The van der Waals surface area contributed by atoms with E-state index >= 15 is 0 Å². The zero-order chi connectivity index (χ0) is 19.9. The fourth-order valence-corrected chi connectivity index (χ4v) is 4.71. The number of imidazole rings is 1. The van der Waals surface area contributed by atoms with Crippen LogP contribution in [0.3, 0.4) is 0 Å². The van der Waals surface area contributed by atoms with E-state index in [-0.39, 0.29) is 11.8 Å². The minimum absolute atomic E-state index is 0.133. The molecule has 1 aromatic carbocycles. The minimum atomic E-state index is 0.133. The fraction of sp³-hybridized carbons (Fsp3) is 0.565. The standard InChI is InChI=1S/C23H33N5O/c29-23(25-11-16-27-15-10-24-19-27)21-7-4-12-28(18-21)22-8-13-26(14-9-22)17-20-5-2-1-3-6-20/h1-3,5-6,10,15,19,21-22H,4,7-9,11-14,16-18H2,(H,25,29)/t21-/m1/s1. The number of aromatic nitrogens is 2. The van der Waals surface area contributed by atoms with Gasteiger partial charge in [-0.3, -0.25) is 14.6 Å². The highest BCUT2D eigenvalue weighted by atomic mass is 16.1. The van der Waals surface area contributed by atoms with Gasteiger partial charge in [0.2, 0.25) is 5.91 Å². The topological polar surface area (TPSA) is 53.4 Å². The Hall–Kier alpha value is -2.18. The van der Waals surface area contributed by atoms with Crippen molar-refractivity contribution in [3.05, 3.63) is 54.6 Å². The molecule has 4 rings (SSSR count). The number of benzene rings is 1. The molecule has 2 fully saturated rings. The Balaban J connectivity index is 1.20. The van der Waals surface area contributed by atoms with Gasteiger partial charge < -0.3 is 9.88 Å². The van der Waals surface area contributed by atoms with Gasteiger partial charge in [-0.15, -0.1) is 0 Å². The summed E-state index contributed by atoms with van der Waals surface area (Å²) in [5, 5.41) is 3.13. The van der Waals surface area contributed by atoms with Crippen LogP contribution in [0, 0.1) is 5.92 Å². The van der Waals surface area contributed by atoms with Gasteiger partial charge in [-0.05, 0) is 50.9 Å². The van der Waals surface area contributed by atoms with E-state index in [2.05, 4.69) is 50.4 Å². The van der Waals surface area contributed by atoms with E-state index in [0.29, 0.717) is 12.6 Å². The quantitative estimate of drug-likeness (QED) is 0.782. The molecule has 2 aromatic rings. The lowest BCUT2D eigenvalue weighted by Crippen LogP contribution is -2.50. The summed E-state index contributed by atoms with van der Waals surface area (Å²) in [5.41, 5.74) is 1.40. The maximum absolute atomic E-state index is 12.6. The lowest BCUT2D eigenvalue weighted by atomic mass is 9.93. The van der Waals surface area contributed by atoms with E-state index in [1.807, 2.05) is 10.8 Å². The zero-order valence-electron chi connectivity index (χ0n) is 17.2. The lowest BCUT2D eigenvalue weighted by molar-refractivity contribution is -0.127. The van der Waals surface area contributed by atoms with Gasteiger partial charge in [0.05, 0.1) is 12.2 Å². The molecule has 2 aliphatic heterocycles. The number of carbonyl (C=O) groups is 1. The molecule has 1 amide bonds. The van der Waals surface area contributed by atoms with Crippen molar-refractivity contribution in [2.75, 3.05) is 32.7 Å². The molecule has 1 aromatic heterocycles. The van der Waals surface area contributed by atoms with Gasteiger partial charge in [-0.25, -0.2) is 4.98 Å². The van der Waals surface area contributed by atoms with Crippen LogP contribution in [-0.4, -0.2) is 64.0 Å². The molecule has 1 atom stereocenters. The second-order valence-electron chi connectivity index (χ2n) is 8.42. The average molecular weight is 396 g/mol. The van der Waals surface area contributed by atoms with Crippen LogP contribution in [-0.2, 0) is 17.9 Å². The molecule has 0 saturated carbocycles. The van der Waals surface area contributed by atoms with E-state index < -0.39 is 0 Å². The SMILES string of the molecule is O=C(NCCn1ccnc1)[C@@H]1CCCN(C2CCN(Cc3ccccc3)CC2)C1. The van der Waals surface area contributed by atoms with Crippen molar-refractivity contribution in [2.24, 2.45) is 5.92 Å². The van der Waals surface area contributed by atoms with Crippen LogP contribution in [0.4, 0.5) is 0 Å². The fourth-order valence-electron chi connectivity index (χ4n) is 4.71. The first-order chi connectivity index (χ1) is 14.3. The summed E-state index contributed by atoms with van der Waals surface area (Å²) in [6.07, 6.45) is 10.1. The Morgan fingerprint density at radius 3 is 2.69 bits per heavy atom. The zero-order valence-corrected chi connectivity index (χ0v) is 17.2. The molecule has 0 bridgehead atoms. The van der Waals surface area contributed by atoms with Gasteiger partial charge in [0, 0.05) is 44.6 Å². The third-order valence-corrected chi connectivity index (χ3v) is 6.37. The summed E-state index contributed by atoms with van der Waals surface area (Å²) in [5.74, 6) is 0.352. The van der Waals surface area contributed by atoms with Crippen molar-refractivity contribution in [3.8, 4) is 0 Å². The summed E-state index contributed by atoms with van der Waals surface area (Å²) in [4.78, 5) is 21.8. The summed E-state index contributed by atoms with van der Waals surface area (Å²) in [7, 11) is 0. The minimum Gasteiger partial charge on any atom is -0.354 e. The average Bonchev–Trinajstić information content (AvgIpc) is 3.29. The number of hydrogen-bond donors (Lipinski definition) is 1. The number of carbonyl (C=O) groups excluding carboxylic acids is 1. The number of nitrogens with zero attached hydrogens (tertiary/aromatic N) is 4. The number of hydrogen-bond acceptors (Lipinski definition) is 4. The van der Waals surface area contributed by atoms with Gasteiger partial charge in [-0.2, -0.15) is 0 Å². The summed E-state index contributed by atoms with van der Waals surface area (Å²) < 4.78 is 2.00. The Morgan fingerprint density at radius 2 is 1.93 bits per heavy atom. The molecule has 1 N–H and O–H groups in total. The van der Waals surface area contributed by atoms with Crippen LogP contribution in [0.5, 0.6) is 0 Å². The molecule has 2 aliphatic rings. The van der Waals surface area contributed by atoms with Gasteiger partial charge in [0.25, 0.3) is 0 Å². The first kappa shape index (κ1) is 20.1. The number of amides is 1. The summed E-state index contributed by atoms with van der Waals surface area (Å²) in [6, 6.07) is 11.4. The van der Waals surface area contributed by atoms with Gasteiger partial charge in [0.15, 0.2) is 0 Å². The molecule has 6 nitrogen and oxygen atoms in total. The number of nitrogens with one attached hydrogen (secondary N) is 1. The van der Waals surface area contributed by atoms with Crippen LogP contribution in [0.15, 0.2) is 49.1 Å². The summed E-state index contributed by atoms with van der Waals surface area (Å²) >= 11 is 0. The Bertz CT molecular complexity index is 740. The largest absolute Gasteiger partial charge is 0.354 e. The number of likely N-dealkylation sites (tertiary alicyclic amines) is 2. The van der Waals surface area contributed by atoms with Crippen molar-refractivity contribution < 1.29 is 4.79 Å². The molecular weight excluding hydrogens is 362 g/mol. The molecule has 29 heavy (non-hydrogen) atoms. The Morgan fingerprint density at radius 1 is 1.10 bits per heavy atom. The maximum Gasteiger partial charge on any atom is 0.224 e. The molecule has 156 valence electrons. The third kappa shape index (κ3) is 5.67. The predicted molar refractivity (Wildman–Crippen MR) is 114 cm³/mol.